The summed E-state index contributed by atoms with van der Waals surface area (Å²) < 4.78 is 6.51. The fourth-order valence-corrected chi connectivity index (χ4v) is 2.23. The van der Waals surface area contributed by atoms with Gasteiger partial charge in [-0.25, -0.2) is 0 Å². The SMILES string of the molecule is COc1c(C)cc(Br)c(C)c1CCN. The molecule has 0 aliphatic rings. The Hall–Kier alpha value is -0.540. The number of hydrogen-bond acceptors (Lipinski definition) is 2. The van der Waals surface area contributed by atoms with Gasteiger partial charge in [-0.15, -0.1) is 0 Å². The van der Waals surface area contributed by atoms with Crippen LogP contribution in [0.1, 0.15) is 16.7 Å². The molecule has 78 valence electrons. The largest absolute Gasteiger partial charge is 0.496 e. The Morgan fingerprint density at radius 1 is 1.43 bits per heavy atom. The van der Waals surface area contributed by atoms with E-state index in [1.54, 1.807) is 7.11 Å². The van der Waals surface area contributed by atoms with E-state index in [9.17, 15) is 0 Å². The number of ether oxygens (including phenoxy) is 1. The molecule has 0 heterocycles. The van der Waals surface area contributed by atoms with Crippen molar-refractivity contribution in [2.75, 3.05) is 13.7 Å². The molecular formula is C11H16BrNO. The number of aryl methyl sites for hydroxylation is 1. The summed E-state index contributed by atoms with van der Waals surface area (Å²) in [4.78, 5) is 0. The van der Waals surface area contributed by atoms with E-state index in [1.165, 1.54) is 11.1 Å². The summed E-state index contributed by atoms with van der Waals surface area (Å²) >= 11 is 3.53. The molecule has 0 atom stereocenters. The van der Waals surface area contributed by atoms with Crippen molar-refractivity contribution in [3.63, 3.8) is 0 Å². The van der Waals surface area contributed by atoms with E-state index < -0.39 is 0 Å². The molecule has 0 spiro atoms. The number of nitrogens with two attached hydrogens (primary N) is 1. The molecule has 1 aromatic rings. The van der Waals surface area contributed by atoms with Crippen LogP contribution in [0.4, 0.5) is 0 Å². The van der Waals surface area contributed by atoms with Gasteiger partial charge in [-0.2, -0.15) is 0 Å². The van der Waals surface area contributed by atoms with Gasteiger partial charge >= 0.3 is 0 Å². The highest BCUT2D eigenvalue weighted by molar-refractivity contribution is 9.10. The van der Waals surface area contributed by atoms with Crippen LogP contribution in [-0.2, 0) is 6.42 Å². The molecular weight excluding hydrogens is 242 g/mol. The normalized spacial score (nSPS) is 10.4. The van der Waals surface area contributed by atoms with Crippen molar-refractivity contribution in [1.29, 1.82) is 0 Å². The molecule has 2 N–H and O–H groups in total. The summed E-state index contributed by atoms with van der Waals surface area (Å²) in [7, 11) is 1.70. The lowest BCUT2D eigenvalue weighted by molar-refractivity contribution is 0.406. The van der Waals surface area contributed by atoms with Gasteiger partial charge in [0, 0.05) is 4.47 Å². The highest BCUT2D eigenvalue weighted by Gasteiger charge is 2.11. The van der Waals surface area contributed by atoms with Crippen LogP contribution in [0, 0.1) is 13.8 Å². The minimum Gasteiger partial charge on any atom is -0.496 e. The van der Waals surface area contributed by atoms with Crippen molar-refractivity contribution in [2.45, 2.75) is 20.3 Å². The smallest absolute Gasteiger partial charge is 0.125 e. The van der Waals surface area contributed by atoms with E-state index in [2.05, 4.69) is 28.9 Å². The van der Waals surface area contributed by atoms with Gasteiger partial charge in [-0.1, -0.05) is 15.9 Å². The van der Waals surface area contributed by atoms with Crippen LogP contribution in [0.15, 0.2) is 10.5 Å². The minimum absolute atomic E-state index is 0.646. The molecule has 0 saturated carbocycles. The number of rotatable bonds is 3. The van der Waals surface area contributed by atoms with Crippen LogP contribution in [-0.4, -0.2) is 13.7 Å². The Kier molecular flexibility index (Phi) is 3.96. The Bertz CT molecular complexity index is 337. The van der Waals surface area contributed by atoms with E-state index in [4.69, 9.17) is 10.5 Å². The molecule has 0 fully saturated rings. The molecule has 0 aliphatic carbocycles. The summed E-state index contributed by atoms with van der Waals surface area (Å²) in [5.41, 5.74) is 9.16. The van der Waals surface area contributed by atoms with Gasteiger partial charge in [-0.05, 0) is 49.6 Å². The Balaban J connectivity index is 3.32. The summed E-state index contributed by atoms with van der Waals surface area (Å²) in [5, 5.41) is 0. The molecule has 0 saturated heterocycles. The maximum absolute atomic E-state index is 5.58. The van der Waals surface area contributed by atoms with Crippen LogP contribution in [0.2, 0.25) is 0 Å². The molecule has 0 aliphatic heterocycles. The van der Waals surface area contributed by atoms with Gasteiger partial charge < -0.3 is 10.5 Å². The van der Waals surface area contributed by atoms with Crippen LogP contribution in [0.5, 0.6) is 5.75 Å². The lowest BCUT2D eigenvalue weighted by atomic mass is 10.0. The zero-order chi connectivity index (χ0) is 10.7. The summed E-state index contributed by atoms with van der Waals surface area (Å²) in [6, 6.07) is 2.08. The number of benzene rings is 1. The first-order valence-corrected chi connectivity index (χ1v) is 5.43. The minimum atomic E-state index is 0.646. The van der Waals surface area contributed by atoms with Crippen molar-refractivity contribution < 1.29 is 4.74 Å². The van der Waals surface area contributed by atoms with Gasteiger partial charge in [0.05, 0.1) is 7.11 Å². The molecule has 3 heteroatoms. The second-order valence-electron chi connectivity index (χ2n) is 3.35. The van der Waals surface area contributed by atoms with Gasteiger partial charge in [0.15, 0.2) is 0 Å². The Morgan fingerprint density at radius 3 is 2.57 bits per heavy atom. The van der Waals surface area contributed by atoms with Crippen molar-refractivity contribution in [1.82, 2.24) is 0 Å². The highest BCUT2D eigenvalue weighted by Crippen LogP contribution is 2.32. The van der Waals surface area contributed by atoms with Gasteiger partial charge in [-0.3, -0.25) is 0 Å². The predicted octanol–water partition coefficient (Wildman–Crippen LogP) is 2.58. The lowest BCUT2D eigenvalue weighted by Gasteiger charge is -2.15. The van der Waals surface area contributed by atoms with Crippen molar-refractivity contribution in [3.8, 4) is 5.75 Å². The molecule has 0 bridgehead atoms. The Labute approximate surface area is 93.6 Å². The molecule has 1 aromatic carbocycles. The maximum atomic E-state index is 5.58. The fraction of sp³-hybridized carbons (Fsp3) is 0.455. The predicted molar refractivity (Wildman–Crippen MR) is 62.9 cm³/mol. The molecule has 0 unspecified atom stereocenters. The average molecular weight is 258 g/mol. The molecule has 2 nitrogen and oxygen atoms in total. The Morgan fingerprint density at radius 2 is 2.07 bits per heavy atom. The van der Waals surface area contributed by atoms with E-state index in [-0.39, 0.29) is 0 Å². The third kappa shape index (κ3) is 2.10. The van der Waals surface area contributed by atoms with Gasteiger partial charge in [0.25, 0.3) is 0 Å². The second-order valence-corrected chi connectivity index (χ2v) is 4.21. The molecule has 14 heavy (non-hydrogen) atoms. The number of halogens is 1. The van der Waals surface area contributed by atoms with Crippen LogP contribution < -0.4 is 10.5 Å². The zero-order valence-electron chi connectivity index (χ0n) is 8.86. The van der Waals surface area contributed by atoms with E-state index in [0.717, 1.165) is 22.2 Å². The van der Waals surface area contributed by atoms with Crippen LogP contribution in [0.3, 0.4) is 0 Å². The first-order chi connectivity index (χ1) is 6.61. The highest BCUT2D eigenvalue weighted by atomic mass is 79.9. The maximum Gasteiger partial charge on any atom is 0.125 e. The van der Waals surface area contributed by atoms with E-state index in [1.807, 2.05) is 6.92 Å². The van der Waals surface area contributed by atoms with Crippen molar-refractivity contribution in [3.05, 3.63) is 27.2 Å². The van der Waals surface area contributed by atoms with Gasteiger partial charge in [0.2, 0.25) is 0 Å². The summed E-state index contributed by atoms with van der Waals surface area (Å²) in [6.45, 7) is 4.77. The summed E-state index contributed by atoms with van der Waals surface area (Å²) in [6.07, 6.45) is 0.856. The third-order valence-electron chi connectivity index (χ3n) is 2.38. The molecule has 0 aromatic heterocycles. The monoisotopic (exact) mass is 257 g/mol. The molecule has 0 amide bonds. The lowest BCUT2D eigenvalue weighted by Crippen LogP contribution is -2.07. The zero-order valence-corrected chi connectivity index (χ0v) is 10.4. The molecule has 0 radical (unpaired) electrons. The topological polar surface area (TPSA) is 35.2 Å². The molecule has 1 rings (SSSR count). The van der Waals surface area contributed by atoms with Crippen LogP contribution >= 0.6 is 15.9 Å². The van der Waals surface area contributed by atoms with Gasteiger partial charge in [0.1, 0.15) is 5.75 Å². The van der Waals surface area contributed by atoms with Crippen molar-refractivity contribution >= 4 is 15.9 Å². The van der Waals surface area contributed by atoms with E-state index in [0.29, 0.717) is 6.54 Å². The number of methoxy groups -OCH3 is 1. The fourth-order valence-electron chi connectivity index (χ4n) is 1.65. The summed E-state index contributed by atoms with van der Waals surface area (Å²) in [5.74, 6) is 0.969. The number of hydrogen-bond donors (Lipinski definition) is 1. The first kappa shape index (κ1) is 11.5. The standard InChI is InChI=1S/C11H16BrNO/c1-7-6-10(12)8(2)9(4-5-13)11(7)14-3/h6H,4-5,13H2,1-3H3. The van der Waals surface area contributed by atoms with Crippen LogP contribution in [0.25, 0.3) is 0 Å². The van der Waals surface area contributed by atoms with Crippen molar-refractivity contribution in [2.24, 2.45) is 5.73 Å². The average Bonchev–Trinajstić information content (AvgIpc) is 2.14. The van der Waals surface area contributed by atoms with E-state index >= 15 is 0 Å². The first-order valence-electron chi connectivity index (χ1n) is 4.64. The second kappa shape index (κ2) is 4.80. The quantitative estimate of drug-likeness (QED) is 0.904. The third-order valence-corrected chi connectivity index (χ3v) is 3.21.